The summed E-state index contributed by atoms with van der Waals surface area (Å²) in [5, 5.41) is 24.2. The number of anilines is 1. The van der Waals surface area contributed by atoms with E-state index in [9.17, 15) is 32.8 Å². The zero-order valence-electron chi connectivity index (χ0n) is 20.8. The number of aromatic nitrogens is 6. The molecule has 1 aliphatic heterocycles. The summed E-state index contributed by atoms with van der Waals surface area (Å²) in [7, 11) is -3.08. The van der Waals surface area contributed by atoms with Gasteiger partial charge in [-0.2, -0.15) is 13.2 Å². The molecule has 0 aliphatic carbocycles. The van der Waals surface area contributed by atoms with E-state index in [0.29, 0.717) is 13.2 Å². The Hall–Kier alpha value is -1.31. The second-order valence-corrected chi connectivity index (χ2v) is 10.8. The normalized spacial score (nSPS) is 23.1. The number of thioether (sulfide) groups is 1. The van der Waals surface area contributed by atoms with Crippen LogP contribution in [0.2, 0.25) is 0 Å². The number of nitrogens with zero attached hydrogens (tertiary/aromatic N) is 6. The number of hydrogen-bond acceptors (Lipinski definition) is 13. The van der Waals surface area contributed by atoms with Gasteiger partial charge in [0.1, 0.15) is 24.6 Å². The van der Waals surface area contributed by atoms with Crippen molar-refractivity contribution in [1.82, 2.24) is 28.8 Å². The van der Waals surface area contributed by atoms with Crippen molar-refractivity contribution in [3.8, 4) is 0 Å². The number of fused-ring (bicyclic) bond motifs is 1. The molecular weight excluding hydrogens is 581 g/mol. The third kappa shape index (κ3) is 7.91. The van der Waals surface area contributed by atoms with E-state index in [-0.39, 0.29) is 57.4 Å². The number of imidazole rings is 2. The fourth-order valence-electron chi connectivity index (χ4n) is 3.53. The SMILES string of the molecule is COCCNc1nc(SCCC(F)(F)F)nc2c1ncn2[C@@H]1O[C@H](COP(=O)([O-])n2ccnc2)[C@@H](O)[C@H]1O.[Na+]. The predicted molar refractivity (Wildman–Crippen MR) is 124 cm³/mol. The maximum absolute atomic E-state index is 12.6. The number of rotatable bonds is 12. The molecule has 0 amide bonds. The van der Waals surface area contributed by atoms with Crippen LogP contribution in [0.5, 0.6) is 0 Å². The minimum atomic E-state index is -4.57. The van der Waals surface area contributed by atoms with Gasteiger partial charge in [-0.05, 0) is 0 Å². The molecule has 0 radical (unpaired) electrons. The number of aliphatic hydroxyl groups is 2. The topological polar surface area (TPSA) is 182 Å². The minimum absolute atomic E-state index is 0. The van der Waals surface area contributed by atoms with Crippen LogP contribution in [0.25, 0.3) is 11.2 Å². The van der Waals surface area contributed by atoms with Crippen LogP contribution in [0.4, 0.5) is 19.0 Å². The van der Waals surface area contributed by atoms with Crippen LogP contribution in [0.15, 0.2) is 30.2 Å². The molecule has 3 N–H and O–H groups in total. The van der Waals surface area contributed by atoms with E-state index in [4.69, 9.17) is 14.0 Å². The van der Waals surface area contributed by atoms with Crippen LogP contribution in [0.1, 0.15) is 12.6 Å². The molecule has 4 rings (SSSR count). The van der Waals surface area contributed by atoms with Crippen molar-refractivity contribution in [2.24, 2.45) is 0 Å². The van der Waals surface area contributed by atoms with Crippen LogP contribution in [-0.2, 0) is 18.6 Å². The second-order valence-electron chi connectivity index (χ2n) is 8.07. The minimum Gasteiger partial charge on any atom is -0.761 e. The maximum atomic E-state index is 12.6. The molecule has 1 saturated heterocycles. The summed E-state index contributed by atoms with van der Waals surface area (Å²) < 4.78 is 67.9. The molecule has 14 nitrogen and oxygen atoms in total. The van der Waals surface area contributed by atoms with Crippen LogP contribution >= 0.6 is 19.5 Å². The Kier molecular flexibility index (Phi) is 11.2. The van der Waals surface area contributed by atoms with Crippen molar-refractivity contribution in [2.45, 2.75) is 42.3 Å². The van der Waals surface area contributed by atoms with Gasteiger partial charge in [-0.15, -0.1) is 0 Å². The average Bonchev–Trinajstić information content (AvgIpc) is 3.59. The molecule has 0 spiro atoms. The molecule has 39 heavy (non-hydrogen) atoms. The number of nitrogens with one attached hydrogen (secondary N) is 1. The van der Waals surface area contributed by atoms with Gasteiger partial charge in [-0.1, -0.05) is 11.8 Å². The van der Waals surface area contributed by atoms with Crippen molar-refractivity contribution in [1.29, 1.82) is 0 Å². The predicted octanol–water partition coefficient (Wildman–Crippen LogP) is -2.22. The quantitative estimate of drug-likeness (QED) is 0.0665. The van der Waals surface area contributed by atoms with Gasteiger partial charge in [0.25, 0.3) is 0 Å². The number of aliphatic hydroxyl groups excluding tert-OH is 2. The van der Waals surface area contributed by atoms with Gasteiger partial charge in [-0.3, -0.25) is 13.5 Å². The van der Waals surface area contributed by atoms with E-state index in [2.05, 4.69) is 25.3 Å². The Balaban J connectivity index is 0.00000420. The van der Waals surface area contributed by atoms with Crippen molar-refractivity contribution < 1.29 is 76.4 Å². The van der Waals surface area contributed by atoms with Crippen LogP contribution < -0.4 is 39.8 Å². The summed E-state index contributed by atoms with van der Waals surface area (Å²) in [5.74, 6) is -0.103. The Labute approximate surface area is 246 Å². The summed E-state index contributed by atoms with van der Waals surface area (Å²) in [4.78, 5) is 28.7. The van der Waals surface area contributed by atoms with Gasteiger partial charge < -0.3 is 34.4 Å². The molecule has 1 unspecified atom stereocenters. The van der Waals surface area contributed by atoms with Gasteiger partial charge in [0.15, 0.2) is 28.4 Å². The number of alkyl halides is 3. The van der Waals surface area contributed by atoms with Gasteiger partial charge in [-0.25, -0.2) is 19.9 Å². The molecule has 4 heterocycles. The molecule has 0 saturated carbocycles. The first-order chi connectivity index (χ1) is 18.0. The van der Waals surface area contributed by atoms with E-state index in [1.807, 2.05) is 0 Å². The molecule has 3 aromatic heterocycles. The van der Waals surface area contributed by atoms with E-state index in [1.165, 1.54) is 24.2 Å². The molecule has 1 aliphatic rings. The van der Waals surface area contributed by atoms with Crippen LogP contribution in [-0.4, -0.2) is 96.2 Å². The molecule has 0 bridgehead atoms. The third-order valence-electron chi connectivity index (χ3n) is 5.40. The summed E-state index contributed by atoms with van der Waals surface area (Å²) in [5.41, 5.74) is 0.343. The second kappa shape index (κ2) is 13.6. The summed E-state index contributed by atoms with van der Waals surface area (Å²) >= 11 is 0.781. The molecule has 20 heteroatoms. The summed E-state index contributed by atoms with van der Waals surface area (Å²) in [6.45, 7) is 0.0103. The van der Waals surface area contributed by atoms with Crippen molar-refractivity contribution in [2.75, 3.05) is 37.9 Å². The van der Waals surface area contributed by atoms with E-state index < -0.39 is 51.5 Å². The fourth-order valence-corrected chi connectivity index (χ4v) is 5.23. The molecule has 0 aromatic carbocycles. The first-order valence-corrected chi connectivity index (χ1v) is 13.6. The molecular formula is C19H24F3N7NaO7PS. The molecule has 3 aromatic rings. The fraction of sp³-hybridized carbons (Fsp3) is 0.579. The summed E-state index contributed by atoms with van der Waals surface area (Å²) in [6, 6.07) is 0. The zero-order valence-corrected chi connectivity index (χ0v) is 24.5. The Bertz CT molecular complexity index is 1270. The zero-order chi connectivity index (χ0) is 27.5. The van der Waals surface area contributed by atoms with Crippen molar-refractivity contribution in [3.63, 3.8) is 0 Å². The number of halogens is 3. The molecule has 5 atom stereocenters. The van der Waals surface area contributed by atoms with Crippen molar-refractivity contribution in [3.05, 3.63) is 25.0 Å². The molecule has 1 fully saturated rings. The third-order valence-corrected chi connectivity index (χ3v) is 7.53. The van der Waals surface area contributed by atoms with E-state index in [1.54, 1.807) is 0 Å². The Morgan fingerprint density at radius 3 is 2.72 bits per heavy atom. The van der Waals surface area contributed by atoms with E-state index in [0.717, 1.165) is 28.6 Å². The number of methoxy groups -OCH3 is 1. The van der Waals surface area contributed by atoms with E-state index >= 15 is 0 Å². The monoisotopic (exact) mass is 605 g/mol. The first-order valence-electron chi connectivity index (χ1n) is 11.1. The standard InChI is InChI=1S/C19H25F3N7O7PS.Na/c1-34-6-4-24-15-12-16(27-18(26-15)38-7-2-19(20,21)22)29(10-25-12)17-14(31)13(30)11(36-17)8-35-37(32,33)28-5-3-23-9-28;/h3,5,9-11,13-14,17,30-31H,2,4,6-8H2,1H3,(H,32,33)(H,24,26,27);/q;+1/p-1/t11-,13-,14-,17-;/m1./s1. The van der Waals surface area contributed by atoms with Gasteiger partial charge in [0.05, 0.1) is 26.0 Å². The molecule has 210 valence electrons. The average molecular weight is 605 g/mol. The van der Waals surface area contributed by atoms with Crippen LogP contribution in [0.3, 0.4) is 0 Å². The Morgan fingerprint density at radius 1 is 1.28 bits per heavy atom. The smallest absolute Gasteiger partial charge is 0.761 e. The largest absolute Gasteiger partial charge is 1.00 e. The first kappa shape index (κ1) is 32.2. The van der Waals surface area contributed by atoms with Gasteiger partial charge in [0.2, 0.25) is 7.75 Å². The van der Waals surface area contributed by atoms with Crippen molar-refractivity contribution >= 4 is 36.5 Å². The number of ether oxygens (including phenoxy) is 2. The Morgan fingerprint density at radius 2 is 2.05 bits per heavy atom. The van der Waals surface area contributed by atoms with Gasteiger partial charge in [0, 0.05) is 31.8 Å². The maximum Gasteiger partial charge on any atom is 1.00 e. The van der Waals surface area contributed by atoms with Crippen LogP contribution in [0, 0.1) is 0 Å². The number of hydrogen-bond donors (Lipinski definition) is 3. The van der Waals surface area contributed by atoms with Gasteiger partial charge >= 0.3 is 35.7 Å². The summed E-state index contributed by atoms with van der Waals surface area (Å²) in [6.07, 6.45) is -6.30.